The van der Waals surface area contributed by atoms with Gasteiger partial charge in [-0.05, 0) is 48.8 Å². The standard InChI is InChI=1S/C18H17N3O3S/c1-3-24-16-9-6-13(10-17(16)23-2)18(22)19-14-7-4-12(5-8-14)15-11-25-21-20-15/h4-11H,3H2,1-2H3,(H,19,22). The minimum Gasteiger partial charge on any atom is -0.493 e. The first-order valence-electron chi connectivity index (χ1n) is 7.71. The lowest BCUT2D eigenvalue weighted by Crippen LogP contribution is -2.12. The zero-order valence-electron chi connectivity index (χ0n) is 13.9. The number of amides is 1. The molecule has 1 aromatic heterocycles. The Labute approximate surface area is 149 Å². The van der Waals surface area contributed by atoms with Crippen LogP contribution in [-0.4, -0.2) is 29.2 Å². The Hall–Kier alpha value is -2.93. The second kappa shape index (κ2) is 7.76. The van der Waals surface area contributed by atoms with Gasteiger partial charge < -0.3 is 14.8 Å². The lowest BCUT2D eigenvalue weighted by Gasteiger charge is -2.11. The Morgan fingerprint density at radius 1 is 1.16 bits per heavy atom. The molecule has 3 rings (SSSR count). The van der Waals surface area contributed by atoms with Gasteiger partial charge in [0, 0.05) is 22.2 Å². The molecule has 1 amide bonds. The van der Waals surface area contributed by atoms with E-state index in [1.165, 1.54) is 11.5 Å². The first kappa shape index (κ1) is 16.9. The van der Waals surface area contributed by atoms with Gasteiger partial charge in [0.2, 0.25) is 0 Å². The van der Waals surface area contributed by atoms with E-state index in [4.69, 9.17) is 9.47 Å². The van der Waals surface area contributed by atoms with Crippen molar-refractivity contribution in [2.75, 3.05) is 19.0 Å². The number of anilines is 1. The molecule has 0 saturated carbocycles. The Morgan fingerprint density at radius 2 is 1.96 bits per heavy atom. The fraction of sp³-hybridized carbons (Fsp3) is 0.167. The number of hydrogen-bond donors (Lipinski definition) is 1. The van der Waals surface area contributed by atoms with Crippen molar-refractivity contribution in [3.05, 3.63) is 53.4 Å². The largest absolute Gasteiger partial charge is 0.493 e. The highest BCUT2D eigenvalue weighted by Gasteiger charge is 2.11. The lowest BCUT2D eigenvalue weighted by atomic mass is 10.1. The van der Waals surface area contributed by atoms with Gasteiger partial charge in [0.1, 0.15) is 5.69 Å². The highest BCUT2D eigenvalue weighted by atomic mass is 32.1. The molecule has 3 aromatic rings. The fourth-order valence-electron chi connectivity index (χ4n) is 2.30. The maximum Gasteiger partial charge on any atom is 0.255 e. The van der Waals surface area contributed by atoms with Gasteiger partial charge in [-0.3, -0.25) is 4.79 Å². The number of rotatable bonds is 6. The topological polar surface area (TPSA) is 73.3 Å². The van der Waals surface area contributed by atoms with E-state index in [0.29, 0.717) is 29.4 Å². The monoisotopic (exact) mass is 355 g/mol. The number of carbonyl (C=O) groups is 1. The third-order valence-corrected chi connectivity index (χ3v) is 4.03. The molecule has 0 aliphatic carbocycles. The second-order valence-electron chi connectivity index (χ2n) is 5.12. The summed E-state index contributed by atoms with van der Waals surface area (Å²) in [5.41, 5.74) is 2.96. The predicted molar refractivity (Wildman–Crippen MR) is 97.5 cm³/mol. The number of methoxy groups -OCH3 is 1. The number of carbonyl (C=O) groups excluding carboxylic acids is 1. The van der Waals surface area contributed by atoms with Gasteiger partial charge in [0.05, 0.1) is 13.7 Å². The molecule has 2 aromatic carbocycles. The smallest absolute Gasteiger partial charge is 0.255 e. The van der Waals surface area contributed by atoms with Crippen molar-refractivity contribution in [1.29, 1.82) is 0 Å². The van der Waals surface area contributed by atoms with E-state index in [0.717, 1.165) is 11.3 Å². The molecule has 0 spiro atoms. The molecule has 0 bridgehead atoms. The molecular formula is C18H17N3O3S. The molecule has 7 heteroatoms. The average Bonchev–Trinajstić information content (AvgIpc) is 3.17. The maximum atomic E-state index is 12.4. The summed E-state index contributed by atoms with van der Waals surface area (Å²) >= 11 is 1.30. The molecule has 0 unspecified atom stereocenters. The van der Waals surface area contributed by atoms with Crippen molar-refractivity contribution in [2.45, 2.75) is 6.92 Å². The SMILES string of the molecule is CCOc1ccc(C(=O)Nc2ccc(-c3csnn3)cc2)cc1OC. The van der Waals surface area contributed by atoms with Crippen LogP contribution >= 0.6 is 11.5 Å². The van der Waals surface area contributed by atoms with Crippen LogP contribution in [0.15, 0.2) is 47.8 Å². The van der Waals surface area contributed by atoms with Gasteiger partial charge in [-0.15, -0.1) is 5.10 Å². The van der Waals surface area contributed by atoms with Crippen molar-refractivity contribution in [3.8, 4) is 22.8 Å². The van der Waals surface area contributed by atoms with Gasteiger partial charge >= 0.3 is 0 Å². The summed E-state index contributed by atoms with van der Waals surface area (Å²) < 4.78 is 14.6. The molecular weight excluding hydrogens is 338 g/mol. The molecule has 1 N–H and O–H groups in total. The Balaban J connectivity index is 1.73. The van der Waals surface area contributed by atoms with E-state index in [1.54, 1.807) is 25.3 Å². The summed E-state index contributed by atoms with van der Waals surface area (Å²) in [6, 6.07) is 12.6. The number of nitrogens with zero attached hydrogens (tertiary/aromatic N) is 2. The van der Waals surface area contributed by atoms with Gasteiger partial charge in [-0.25, -0.2) is 0 Å². The summed E-state index contributed by atoms with van der Waals surface area (Å²) in [6.07, 6.45) is 0. The van der Waals surface area contributed by atoms with Crippen LogP contribution in [-0.2, 0) is 0 Å². The number of aromatic nitrogens is 2. The highest BCUT2D eigenvalue weighted by Crippen LogP contribution is 2.28. The summed E-state index contributed by atoms with van der Waals surface area (Å²) in [4.78, 5) is 12.4. The van der Waals surface area contributed by atoms with E-state index in [2.05, 4.69) is 14.9 Å². The molecule has 0 radical (unpaired) electrons. The molecule has 6 nitrogen and oxygen atoms in total. The van der Waals surface area contributed by atoms with Crippen molar-refractivity contribution in [1.82, 2.24) is 9.59 Å². The maximum absolute atomic E-state index is 12.4. The number of nitrogens with one attached hydrogen (secondary N) is 1. The number of benzene rings is 2. The van der Waals surface area contributed by atoms with Crippen LogP contribution in [0.25, 0.3) is 11.3 Å². The van der Waals surface area contributed by atoms with Crippen molar-refractivity contribution >= 4 is 23.1 Å². The molecule has 0 aliphatic heterocycles. The van der Waals surface area contributed by atoms with Crippen molar-refractivity contribution < 1.29 is 14.3 Å². The summed E-state index contributed by atoms with van der Waals surface area (Å²) in [5, 5.41) is 8.76. The van der Waals surface area contributed by atoms with Gasteiger partial charge in [0.25, 0.3) is 5.91 Å². The quantitative estimate of drug-likeness (QED) is 0.727. The molecule has 128 valence electrons. The zero-order valence-corrected chi connectivity index (χ0v) is 14.7. The van der Waals surface area contributed by atoms with Gasteiger partial charge in [-0.1, -0.05) is 16.6 Å². The Morgan fingerprint density at radius 3 is 2.60 bits per heavy atom. The summed E-state index contributed by atoms with van der Waals surface area (Å²) in [7, 11) is 1.55. The third-order valence-electron chi connectivity index (χ3n) is 3.52. The zero-order chi connectivity index (χ0) is 17.6. The van der Waals surface area contributed by atoms with E-state index in [9.17, 15) is 4.79 Å². The van der Waals surface area contributed by atoms with E-state index >= 15 is 0 Å². The Kier molecular flexibility index (Phi) is 5.25. The lowest BCUT2D eigenvalue weighted by molar-refractivity contribution is 0.102. The van der Waals surface area contributed by atoms with Crippen molar-refractivity contribution in [2.24, 2.45) is 0 Å². The van der Waals surface area contributed by atoms with Crippen LogP contribution in [0.5, 0.6) is 11.5 Å². The average molecular weight is 355 g/mol. The normalized spacial score (nSPS) is 10.3. The minimum absolute atomic E-state index is 0.218. The van der Waals surface area contributed by atoms with E-state index in [-0.39, 0.29) is 5.91 Å². The predicted octanol–water partition coefficient (Wildman–Crippen LogP) is 3.86. The molecule has 0 saturated heterocycles. The number of hydrogen-bond acceptors (Lipinski definition) is 6. The third kappa shape index (κ3) is 3.95. The molecule has 0 aliphatic rings. The first-order valence-corrected chi connectivity index (χ1v) is 8.54. The van der Waals surface area contributed by atoms with Crippen LogP contribution < -0.4 is 14.8 Å². The van der Waals surface area contributed by atoms with Crippen LogP contribution in [0.1, 0.15) is 17.3 Å². The second-order valence-corrected chi connectivity index (χ2v) is 5.73. The van der Waals surface area contributed by atoms with Crippen LogP contribution in [0.4, 0.5) is 5.69 Å². The minimum atomic E-state index is -0.218. The Bertz CT molecular complexity index is 849. The molecule has 0 atom stereocenters. The summed E-state index contributed by atoms with van der Waals surface area (Å²) in [6.45, 7) is 2.42. The first-order chi connectivity index (χ1) is 12.2. The van der Waals surface area contributed by atoms with Crippen LogP contribution in [0.2, 0.25) is 0 Å². The van der Waals surface area contributed by atoms with Crippen molar-refractivity contribution in [3.63, 3.8) is 0 Å². The van der Waals surface area contributed by atoms with Gasteiger partial charge in [0.15, 0.2) is 11.5 Å². The van der Waals surface area contributed by atoms with E-state index < -0.39 is 0 Å². The molecule has 1 heterocycles. The van der Waals surface area contributed by atoms with Crippen LogP contribution in [0, 0.1) is 0 Å². The van der Waals surface area contributed by atoms with Crippen LogP contribution in [0.3, 0.4) is 0 Å². The van der Waals surface area contributed by atoms with Gasteiger partial charge in [-0.2, -0.15) is 0 Å². The van der Waals surface area contributed by atoms with E-state index in [1.807, 2.05) is 36.6 Å². The molecule has 0 fully saturated rings. The summed E-state index contributed by atoms with van der Waals surface area (Å²) in [5.74, 6) is 0.924. The highest BCUT2D eigenvalue weighted by molar-refractivity contribution is 7.03. The number of ether oxygens (including phenoxy) is 2. The molecule has 25 heavy (non-hydrogen) atoms. The fourth-order valence-corrected chi connectivity index (χ4v) is 2.77.